The second kappa shape index (κ2) is 5.64. The van der Waals surface area contributed by atoms with Gasteiger partial charge in [-0.2, -0.15) is 5.10 Å². The molecule has 0 spiro atoms. The van der Waals surface area contributed by atoms with Gasteiger partial charge < -0.3 is 10.5 Å². The Hall–Kier alpha value is -2.18. The van der Waals surface area contributed by atoms with E-state index in [9.17, 15) is 8.78 Å². The predicted octanol–water partition coefficient (Wildman–Crippen LogP) is 2.11. The van der Waals surface area contributed by atoms with E-state index in [1.807, 2.05) is 0 Å². The SMILES string of the molecule is COc1ncccc1C(CC(F)F)n1cc(N)cn1. The number of methoxy groups -OCH3 is 1. The van der Waals surface area contributed by atoms with Gasteiger partial charge in [-0.1, -0.05) is 0 Å². The Balaban J connectivity index is 2.42. The van der Waals surface area contributed by atoms with Crippen LogP contribution in [0.4, 0.5) is 14.5 Å². The van der Waals surface area contributed by atoms with Gasteiger partial charge in [0.25, 0.3) is 0 Å². The molecule has 0 amide bonds. The lowest BCUT2D eigenvalue weighted by molar-refractivity contribution is 0.120. The molecule has 0 aliphatic heterocycles. The third-order valence-corrected chi connectivity index (χ3v) is 2.70. The molecule has 2 heterocycles. The van der Waals surface area contributed by atoms with Gasteiger partial charge in [0.15, 0.2) is 0 Å². The number of anilines is 1. The maximum Gasteiger partial charge on any atom is 0.241 e. The molecule has 1 unspecified atom stereocenters. The zero-order valence-electron chi connectivity index (χ0n) is 10.3. The van der Waals surface area contributed by atoms with Crippen LogP contribution in [0.5, 0.6) is 5.88 Å². The lowest BCUT2D eigenvalue weighted by Crippen LogP contribution is -2.16. The highest BCUT2D eigenvalue weighted by atomic mass is 19.3. The Labute approximate surface area is 109 Å². The first-order chi connectivity index (χ1) is 9.11. The second-order valence-corrected chi connectivity index (χ2v) is 4.00. The molecule has 2 aromatic heterocycles. The van der Waals surface area contributed by atoms with E-state index >= 15 is 0 Å². The first-order valence-electron chi connectivity index (χ1n) is 5.68. The largest absolute Gasteiger partial charge is 0.481 e. The number of aromatic nitrogens is 3. The van der Waals surface area contributed by atoms with Crippen molar-refractivity contribution in [1.29, 1.82) is 0 Å². The van der Waals surface area contributed by atoms with Crippen LogP contribution in [-0.4, -0.2) is 28.3 Å². The van der Waals surface area contributed by atoms with Gasteiger partial charge in [0.1, 0.15) is 0 Å². The summed E-state index contributed by atoms with van der Waals surface area (Å²) in [5.41, 5.74) is 6.55. The molecule has 2 N–H and O–H groups in total. The second-order valence-electron chi connectivity index (χ2n) is 4.00. The van der Waals surface area contributed by atoms with Gasteiger partial charge in [-0.25, -0.2) is 13.8 Å². The number of hydrogen-bond acceptors (Lipinski definition) is 4. The maximum atomic E-state index is 12.8. The molecular weight excluding hydrogens is 254 g/mol. The Kier molecular flexibility index (Phi) is 3.94. The summed E-state index contributed by atoms with van der Waals surface area (Å²) < 4.78 is 32.0. The number of nitrogens with two attached hydrogens (primary N) is 1. The molecule has 0 bridgehead atoms. The fourth-order valence-electron chi connectivity index (χ4n) is 1.90. The molecule has 19 heavy (non-hydrogen) atoms. The highest BCUT2D eigenvalue weighted by molar-refractivity contribution is 5.34. The van der Waals surface area contributed by atoms with Crippen molar-refractivity contribution in [3.8, 4) is 5.88 Å². The number of pyridine rings is 1. The lowest BCUT2D eigenvalue weighted by Gasteiger charge is -2.19. The summed E-state index contributed by atoms with van der Waals surface area (Å²) in [6.07, 6.45) is 1.61. The smallest absolute Gasteiger partial charge is 0.241 e. The molecule has 102 valence electrons. The summed E-state index contributed by atoms with van der Waals surface area (Å²) in [6, 6.07) is 2.70. The molecule has 2 rings (SSSR count). The van der Waals surface area contributed by atoms with E-state index in [0.29, 0.717) is 17.1 Å². The minimum Gasteiger partial charge on any atom is -0.481 e. The summed E-state index contributed by atoms with van der Waals surface area (Å²) in [4.78, 5) is 4.02. The Morgan fingerprint density at radius 3 is 2.84 bits per heavy atom. The number of alkyl halides is 2. The normalized spacial score (nSPS) is 12.6. The van der Waals surface area contributed by atoms with Crippen LogP contribution in [-0.2, 0) is 0 Å². The monoisotopic (exact) mass is 268 g/mol. The van der Waals surface area contributed by atoms with Crippen molar-refractivity contribution in [2.75, 3.05) is 12.8 Å². The molecule has 0 aromatic carbocycles. The van der Waals surface area contributed by atoms with E-state index in [0.717, 1.165) is 0 Å². The molecule has 0 aliphatic rings. The van der Waals surface area contributed by atoms with E-state index < -0.39 is 12.5 Å². The van der Waals surface area contributed by atoms with Crippen molar-refractivity contribution >= 4 is 5.69 Å². The summed E-state index contributed by atoms with van der Waals surface area (Å²) in [5.74, 6) is 0.308. The van der Waals surface area contributed by atoms with E-state index in [1.165, 1.54) is 24.2 Å². The van der Waals surface area contributed by atoms with Crippen molar-refractivity contribution in [1.82, 2.24) is 14.8 Å². The number of rotatable bonds is 5. The molecule has 2 aromatic rings. The van der Waals surface area contributed by atoms with Gasteiger partial charge in [0.2, 0.25) is 12.3 Å². The molecule has 5 nitrogen and oxygen atoms in total. The highest BCUT2D eigenvalue weighted by Crippen LogP contribution is 2.30. The van der Waals surface area contributed by atoms with Crippen molar-refractivity contribution in [3.05, 3.63) is 36.3 Å². The number of nitrogen functional groups attached to an aromatic ring is 1. The van der Waals surface area contributed by atoms with Crippen LogP contribution in [0.3, 0.4) is 0 Å². The summed E-state index contributed by atoms with van der Waals surface area (Å²) in [6.45, 7) is 0. The van der Waals surface area contributed by atoms with E-state index in [-0.39, 0.29) is 6.42 Å². The fourth-order valence-corrected chi connectivity index (χ4v) is 1.90. The van der Waals surface area contributed by atoms with Gasteiger partial charge >= 0.3 is 0 Å². The highest BCUT2D eigenvalue weighted by Gasteiger charge is 2.23. The molecule has 7 heteroatoms. The zero-order valence-corrected chi connectivity index (χ0v) is 10.3. The van der Waals surface area contributed by atoms with Gasteiger partial charge in [0.05, 0.1) is 25.0 Å². The van der Waals surface area contributed by atoms with Crippen molar-refractivity contribution in [3.63, 3.8) is 0 Å². The molecule has 0 saturated carbocycles. The Morgan fingerprint density at radius 2 is 2.26 bits per heavy atom. The maximum absolute atomic E-state index is 12.8. The van der Waals surface area contributed by atoms with Crippen LogP contribution < -0.4 is 10.5 Å². The molecule has 0 radical (unpaired) electrons. The van der Waals surface area contributed by atoms with E-state index in [2.05, 4.69) is 10.1 Å². The van der Waals surface area contributed by atoms with Crippen LogP contribution >= 0.6 is 0 Å². The molecule has 0 saturated heterocycles. The van der Waals surface area contributed by atoms with Crippen molar-refractivity contribution in [2.24, 2.45) is 0 Å². The number of ether oxygens (including phenoxy) is 1. The average molecular weight is 268 g/mol. The lowest BCUT2D eigenvalue weighted by atomic mass is 10.1. The van der Waals surface area contributed by atoms with Crippen LogP contribution in [0.15, 0.2) is 30.7 Å². The Bertz CT molecular complexity index is 544. The summed E-state index contributed by atoms with van der Waals surface area (Å²) in [5, 5.41) is 4.00. The standard InChI is InChI=1S/C12H14F2N4O/c1-19-12-9(3-2-4-16-12)10(5-11(13)14)18-7-8(15)6-17-18/h2-4,6-7,10-11H,5,15H2,1H3. The number of hydrogen-bond donors (Lipinski definition) is 1. The average Bonchev–Trinajstić information content (AvgIpc) is 2.82. The van der Waals surface area contributed by atoms with E-state index in [4.69, 9.17) is 10.5 Å². The molecular formula is C12H14F2N4O. The molecule has 0 fully saturated rings. The van der Waals surface area contributed by atoms with Crippen molar-refractivity contribution < 1.29 is 13.5 Å². The van der Waals surface area contributed by atoms with Crippen LogP contribution in [0.1, 0.15) is 18.0 Å². The molecule has 0 aliphatic carbocycles. The van der Waals surface area contributed by atoms with Gasteiger partial charge in [0, 0.05) is 24.4 Å². The number of halogens is 2. The number of nitrogens with zero attached hydrogens (tertiary/aromatic N) is 3. The fraction of sp³-hybridized carbons (Fsp3) is 0.333. The van der Waals surface area contributed by atoms with Gasteiger partial charge in [-0.3, -0.25) is 4.68 Å². The third-order valence-electron chi connectivity index (χ3n) is 2.70. The summed E-state index contributed by atoms with van der Waals surface area (Å²) >= 11 is 0. The first kappa shape index (κ1) is 13.3. The van der Waals surface area contributed by atoms with Crippen LogP contribution in [0, 0.1) is 0 Å². The minimum absolute atomic E-state index is 0.308. The van der Waals surface area contributed by atoms with Gasteiger partial charge in [-0.15, -0.1) is 0 Å². The quantitative estimate of drug-likeness (QED) is 0.902. The topological polar surface area (TPSA) is 66.0 Å². The predicted molar refractivity (Wildman–Crippen MR) is 66.2 cm³/mol. The van der Waals surface area contributed by atoms with E-state index in [1.54, 1.807) is 18.3 Å². The summed E-state index contributed by atoms with van der Waals surface area (Å²) in [7, 11) is 1.45. The third kappa shape index (κ3) is 2.98. The molecule has 1 atom stereocenters. The minimum atomic E-state index is -2.47. The van der Waals surface area contributed by atoms with Gasteiger partial charge in [-0.05, 0) is 12.1 Å². The van der Waals surface area contributed by atoms with Crippen LogP contribution in [0.25, 0.3) is 0 Å². The van der Waals surface area contributed by atoms with Crippen molar-refractivity contribution in [2.45, 2.75) is 18.9 Å². The van der Waals surface area contributed by atoms with Crippen LogP contribution in [0.2, 0.25) is 0 Å². The Morgan fingerprint density at radius 1 is 1.47 bits per heavy atom. The zero-order chi connectivity index (χ0) is 13.8. The first-order valence-corrected chi connectivity index (χ1v) is 5.68.